The predicted octanol–water partition coefficient (Wildman–Crippen LogP) is 0.682. The molecule has 0 atom stereocenters. The van der Waals surface area contributed by atoms with Gasteiger partial charge in [-0.1, -0.05) is 0 Å². The molecule has 54 valence electrons. The fourth-order valence-electron chi connectivity index (χ4n) is 0.575. The van der Waals surface area contributed by atoms with Gasteiger partial charge in [0.2, 0.25) is 0 Å². The van der Waals surface area contributed by atoms with Crippen molar-refractivity contribution in [1.82, 2.24) is 9.97 Å². The fraction of sp³-hybridized carbons (Fsp3) is 0.333. The second-order valence-electron chi connectivity index (χ2n) is 2.08. The third kappa shape index (κ3) is 1.40. The second-order valence-corrected chi connectivity index (χ2v) is 2.08. The topological polar surface area (TPSA) is 29.0 Å². The van der Waals surface area contributed by atoms with Gasteiger partial charge in [0.25, 0.3) is 0 Å². The monoisotopic (exact) mass is 141 g/mol. The average Bonchev–Trinajstić information content (AvgIpc) is 1.88. The molecule has 0 radical (unpaired) electrons. The molecule has 3 nitrogen and oxygen atoms in total. The Bertz CT molecular complexity index is 224. The van der Waals surface area contributed by atoms with Gasteiger partial charge >= 0.3 is 6.08 Å². The molecule has 0 N–H and O–H groups in total. The molecule has 0 aromatic carbocycles. The molecule has 0 aliphatic rings. The van der Waals surface area contributed by atoms with Gasteiger partial charge in [0.15, 0.2) is 0 Å². The maximum atomic E-state index is 12.3. The molecule has 1 aromatic rings. The molecule has 0 unspecified atom stereocenters. The van der Waals surface area contributed by atoms with Crippen LogP contribution in [0, 0.1) is 6.08 Å². The largest absolute Gasteiger partial charge is 0.363 e. The van der Waals surface area contributed by atoms with Crippen molar-refractivity contribution >= 4 is 5.82 Å². The molecule has 0 saturated heterocycles. The van der Waals surface area contributed by atoms with E-state index in [1.54, 1.807) is 25.1 Å². The third-order valence-corrected chi connectivity index (χ3v) is 1.07. The Hall–Kier alpha value is -1.19. The lowest BCUT2D eigenvalue weighted by atomic mass is 10.5. The Morgan fingerprint density at radius 2 is 2.20 bits per heavy atom. The van der Waals surface area contributed by atoms with Gasteiger partial charge in [0.1, 0.15) is 5.82 Å². The minimum Gasteiger partial charge on any atom is -0.363 e. The highest BCUT2D eigenvalue weighted by atomic mass is 19.1. The van der Waals surface area contributed by atoms with Crippen molar-refractivity contribution in [2.75, 3.05) is 19.0 Å². The molecule has 0 aliphatic carbocycles. The highest BCUT2D eigenvalue weighted by molar-refractivity contribution is 5.33. The summed E-state index contributed by atoms with van der Waals surface area (Å²) in [7, 11) is 3.59. The summed E-state index contributed by atoms with van der Waals surface area (Å²) in [4.78, 5) is 8.55. The highest BCUT2D eigenvalue weighted by Gasteiger charge is 1.97. The Labute approximate surface area is 58.5 Å². The van der Waals surface area contributed by atoms with E-state index in [2.05, 4.69) is 9.97 Å². The SMILES string of the molecule is CN(C)c1ccnc(F)n1. The van der Waals surface area contributed by atoms with Crippen LogP contribution in [0.5, 0.6) is 0 Å². The van der Waals surface area contributed by atoms with Crippen LogP contribution in [0.1, 0.15) is 0 Å². The summed E-state index contributed by atoms with van der Waals surface area (Å²) < 4.78 is 12.3. The lowest BCUT2D eigenvalue weighted by Crippen LogP contribution is -2.11. The van der Waals surface area contributed by atoms with E-state index in [1.165, 1.54) is 6.20 Å². The van der Waals surface area contributed by atoms with Gasteiger partial charge in [-0.2, -0.15) is 9.37 Å². The molecular formula is C6H8FN3. The molecule has 0 aliphatic heterocycles. The molecule has 1 rings (SSSR count). The summed E-state index contributed by atoms with van der Waals surface area (Å²) in [5.41, 5.74) is 0. The lowest BCUT2D eigenvalue weighted by Gasteiger charge is -2.08. The minimum atomic E-state index is -0.689. The molecule has 4 heteroatoms. The Balaban J connectivity index is 2.96. The number of nitrogens with zero attached hydrogens (tertiary/aromatic N) is 3. The van der Waals surface area contributed by atoms with Crippen molar-refractivity contribution in [3.63, 3.8) is 0 Å². The zero-order chi connectivity index (χ0) is 7.56. The minimum absolute atomic E-state index is 0.576. The first kappa shape index (κ1) is 6.92. The van der Waals surface area contributed by atoms with Crippen LogP contribution in [0.4, 0.5) is 10.2 Å². The van der Waals surface area contributed by atoms with Crippen LogP contribution in [-0.4, -0.2) is 24.1 Å². The van der Waals surface area contributed by atoms with Gasteiger partial charge < -0.3 is 4.90 Å². The van der Waals surface area contributed by atoms with E-state index in [1.807, 2.05) is 0 Å². The van der Waals surface area contributed by atoms with Gasteiger partial charge in [-0.15, -0.1) is 0 Å². The smallest absolute Gasteiger partial charge is 0.310 e. The summed E-state index contributed by atoms with van der Waals surface area (Å²) in [6.45, 7) is 0. The maximum absolute atomic E-state index is 12.3. The molecule has 1 aromatic heterocycles. The van der Waals surface area contributed by atoms with Crippen molar-refractivity contribution in [2.24, 2.45) is 0 Å². The van der Waals surface area contributed by atoms with E-state index in [-0.39, 0.29) is 0 Å². The number of hydrogen-bond acceptors (Lipinski definition) is 3. The van der Waals surface area contributed by atoms with Gasteiger partial charge in [-0.3, -0.25) is 0 Å². The standard InChI is InChI=1S/C6H8FN3/c1-10(2)5-3-4-8-6(7)9-5/h3-4H,1-2H3. The number of aromatic nitrogens is 2. The van der Waals surface area contributed by atoms with Crippen molar-refractivity contribution in [2.45, 2.75) is 0 Å². The molecular weight excluding hydrogens is 133 g/mol. The molecule has 0 bridgehead atoms. The zero-order valence-electron chi connectivity index (χ0n) is 5.87. The quantitative estimate of drug-likeness (QED) is 0.538. The van der Waals surface area contributed by atoms with Crippen molar-refractivity contribution in [1.29, 1.82) is 0 Å². The van der Waals surface area contributed by atoms with Gasteiger partial charge in [-0.05, 0) is 6.07 Å². The molecule has 0 fully saturated rings. The van der Waals surface area contributed by atoms with E-state index in [9.17, 15) is 4.39 Å². The number of halogens is 1. The molecule has 1 heterocycles. The summed E-state index contributed by atoms with van der Waals surface area (Å²) in [5.74, 6) is 0.576. The summed E-state index contributed by atoms with van der Waals surface area (Å²) in [6, 6.07) is 1.64. The number of rotatable bonds is 1. The lowest BCUT2D eigenvalue weighted by molar-refractivity contribution is 0.538. The van der Waals surface area contributed by atoms with Gasteiger partial charge in [0.05, 0.1) is 0 Å². The van der Waals surface area contributed by atoms with Crippen LogP contribution < -0.4 is 4.90 Å². The summed E-state index contributed by atoms with van der Waals surface area (Å²) >= 11 is 0. The summed E-state index contributed by atoms with van der Waals surface area (Å²) in [6.07, 6.45) is 0.698. The summed E-state index contributed by atoms with van der Waals surface area (Å²) in [5, 5.41) is 0. The van der Waals surface area contributed by atoms with Crippen LogP contribution in [0.15, 0.2) is 12.3 Å². The second kappa shape index (κ2) is 2.60. The van der Waals surface area contributed by atoms with E-state index >= 15 is 0 Å². The molecule has 0 spiro atoms. The molecule has 0 saturated carbocycles. The fourth-order valence-corrected chi connectivity index (χ4v) is 0.575. The van der Waals surface area contributed by atoms with Crippen molar-refractivity contribution < 1.29 is 4.39 Å². The van der Waals surface area contributed by atoms with E-state index in [4.69, 9.17) is 0 Å². The van der Waals surface area contributed by atoms with Crippen LogP contribution in [0.3, 0.4) is 0 Å². The Kier molecular flexibility index (Phi) is 1.80. The number of hydrogen-bond donors (Lipinski definition) is 0. The predicted molar refractivity (Wildman–Crippen MR) is 36.3 cm³/mol. The van der Waals surface area contributed by atoms with Gasteiger partial charge in [-0.25, -0.2) is 4.98 Å². The van der Waals surface area contributed by atoms with E-state index < -0.39 is 6.08 Å². The van der Waals surface area contributed by atoms with E-state index in [0.717, 1.165) is 0 Å². The first-order valence-electron chi connectivity index (χ1n) is 2.86. The number of anilines is 1. The van der Waals surface area contributed by atoms with Crippen molar-refractivity contribution in [3.8, 4) is 0 Å². The molecule has 0 amide bonds. The highest BCUT2D eigenvalue weighted by Crippen LogP contribution is 2.03. The normalized spacial score (nSPS) is 9.50. The Morgan fingerprint density at radius 1 is 1.50 bits per heavy atom. The van der Waals surface area contributed by atoms with Crippen LogP contribution in [0.2, 0.25) is 0 Å². The van der Waals surface area contributed by atoms with E-state index in [0.29, 0.717) is 5.82 Å². The molecule has 10 heavy (non-hydrogen) atoms. The average molecular weight is 141 g/mol. The van der Waals surface area contributed by atoms with Crippen LogP contribution >= 0.6 is 0 Å². The van der Waals surface area contributed by atoms with Gasteiger partial charge in [0, 0.05) is 20.3 Å². The van der Waals surface area contributed by atoms with Crippen LogP contribution in [-0.2, 0) is 0 Å². The van der Waals surface area contributed by atoms with Crippen LogP contribution in [0.25, 0.3) is 0 Å². The third-order valence-electron chi connectivity index (χ3n) is 1.07. The van der Waals surface area contributed by atoms with Crippen molar-refractivity contribution in [3.05, 3.63) is 18.3 Å². The first-order chi connectivity index (χ1) is 4.70. The Morgan fingerprint density at radius 3 is 2.60 bits per heavy atom. The first-order valence-corrected chi connectivity index (χ1v) is 2.86. The maximum Gasteiger partial charge on any atom is 0.310 e. The zero-order valence-corrected chi connectivity index (χ0v) is 5.87.